The zero-order chi connectivity index (χ0) is 13.2. The number of ether oxygens (including phenoxy) is 2. The van der Waals surface area contributed by atoms with Crippen LogP contribution in [0.3, 0.4) is 0 Å². The Hall–Kier alpha value is -1.65. The Morgan fingerprint density at radius 3 is 2.70 bits per heavy atom. The molecule has 106 valence electrons. The van der Waals surface area contributed by atoms with Crippen LogP contribution >= 0.6 is 24.0 Å². The molecular weight excluding hydrogens is 304 g/mol. The first-order valence-corrected chi connectivity index (χ1v) is 6.17. The molecule has 1 N–H and O–H groups in total. The Balaban J connectivity index is 0.00000147. The second-order valence-corrected chi connectivity index (χ2v) is 4.58. The topological polar surface area (TPSA) is 30.5 Å². The van der Waals surface area contributed by atoms with Crippen molar-refractivity contribution in [3.05, 3.63) is 52.8 Å². The van der Waals surface area contributed by atoms with Crippen LogP contribution in [0.15, 0.2) is 36.4 Å². The van der Waals surface area contributed by atoms with E-state index in [4.69, 9.17) is 21.1 Å². The molecule has 6 heteroatoms. The summed E-state index contributed by atoms with van der Waals surface area (Å²) >= 11 is 5.72. The van der Waals surface area contributed by atoms with Crippen molar-refractivity contribution in [2.45, 2.75) is 6.54 Å². The minimum Gasteiger partial charge on any atom is -0.454 e. The van der Waals surface area contributed by atoms with Crippen molar-refractivity contribution in [3.8, 4) is 11.5 Å². The Labute approximate surface area is 127 Å². The zero-order valence-corrected chi connectivity index (χ0v) is 11.9. The summed E-state index contributed by atoms with van der Waals surface area (Å²) in [6.07, 6.45) is 0. The average Bonchev–Trinajstić information content (AvgIpc) is 2.87. The lowest BCUT2D eigenvalue weighted by Gasteiger charge is -2.08. The van der Waals surface area contributed by atoms with Crippen LogP contribution in [-0.2, 0) is 6.54 Å². The number of rotatable bonds is 3. The van der Waals surface area contributed by atoms with Crippen LogP contribution in [0, 0.1) is 5.82 Å². The summed E-state index contributed by atoms with van der Waals surface area (Å²) in [5, 5.41) is 3.28. The number of fused-ring (bicyclic) bond motifs is 1. The molecule has 0 amide bonds. The molecule has 1 heterocycles. The van der Waals surface area contributed by atoms with Crippen molar-refractivity contribution < 1.29 is 13.9 Å². The van der Waals surface area contributed by atoms with Gasteiger partial charge in [0.15, 0.2) is 11.5 Å². The van der Waals surface area contributed by atoms with Crippen LogP contribution in [0.25, 0.3) is 0 Å². The highest BCUT2D eigenvalue weighted by atomic mass is 35.5. The van der Waals surface area contributed by atoms with Crippen LogP contribution < -0.4 is 14.8 Å². The van der Waals surface area contributed by atoms with Crippen molar-refractivity contribution in [1.29, 1.82) is 0 Å². The highest BCUT2D eigenvalue weighted by Crippen LogP contribution is 2.32. The summed E-state index contributed by atoms with van der Waals surface area (Å²) in [6, 6.07) is 10.3. The Morgan fingerprint density at radius 1 is 1.10 bits per heavy atom. The molecule has 0 saturated carbocycles. The maximum atomic E-state index is 13.0. The lowest BCUT2D eigenvalue weighted by atomic mass is 10.2. The van der Waals surface area contributed by atoms with Gasteiger partial charge >= 0.3 is 0 Å². The first-order valence-electron chi connectivity index (χ1n) is 5.80. The number of anilines is 1. The maximum absolute atomic E-state index is 13.0. The zero-order valence-electron chi connectivity index (χ0n) is 10.4. The van der Waals surface area contributed by atoms with Gasteiger partial charge in [-0.3, -0.25) is 0 Å². The quantitative estimate of drug-likeness (QED) is 0.918. The van der Waals surface area contributed by atoms with Crippen LogP contribution in [0.2, 0.25) is 5.02 Å². The van der Waals surface area contributed by atoms with Crippen molar-refractivity contribution in [2.75, 3.05) is 12.1 Å². The molecule has 0 bridgehead atoms. The van der Waals surface area contributed by atoms with E-state index in [-0.39, 0.29) is 24.2 Å². The first-order chi connectivity index (χ1) is 9.22. The molecule has 20 heavy (non-hydrogen) atoms. The SMILES string of the molecule is Cl.Fc1ccc(NCc2ccc3c(c2)OCO3)cc1Cl. The summed E-state index contributed by atoms with van der Waals surface area (Å²) in [7, 11) is 0. The Kier molecular flexibility index (Phi) is 4.57. The number of hydrogen-bond donors (Lipinski definition) is 1. The maximum Gasteiger partial charge on any atom is 0.231 e. The fourth-order valence-electron chi connectivity index (χ4n) is 1.86. The van der Waals surface area contributed by atoms with Gasteiger partial charge in [-0.15, -0.1) is 12.4 Å². The molecule has 0 radical (unpaired) electrons. The third-order valence-electron chi connectivity index (χ3n) is 2.85. The summed E-state index contributed by atoms with van der Waals surface area (Å²) in [4.78, 5) is 0. The largest absolute Gasteiger partial charge is 0.454 e. The van der Waals surface area contributed by atoms with Gasteiger partial charge in [0.2, 0.25) is 6.79 Å². The second kappa shape index (κ2) is 6.20. The third kappa shape index (κ3) is 3.08. The fourth-order valence-corrected chi connectivity index (χ4v) is 2.04. The summed E-state index contributed by atoms with van der Waals surface area (Å²) in [5.74, 6) is 1.08. The Morgan fingerprint density at radius 2 is 1.90 bits per heavy atom. The molecule has 0 aromatic heterocycles. The van der Waals surface area contributed by atoms with Crippen molar-refractivity contribution in [1.82, 2.24) is 0 Å². The van der Waals surface area contributed by atoms with E-state index in [2.05, 4.69) is 5.32 Å². The van der Waals surface area contributed by atoms with Gasteiger partial charge in [-0.25, -0.2) is 4.39 Å². The lowest BCUT2D eigenvalue weighted by molar-refractivity contribution is 0.174. The molecule has 2 aromatic rings. The monoisotopic (exact) mass is 315 g/mol. The van der Waals surface area contributed by atoms with E-state index in [1.807, 2.05) is 18.2 Å². The van der Waals surface area contributed by atoms with E-state index >= 15 is 0 Å². The van der Waals surface area contributed by atoms with E-state index < -0.39 is 5.82 Å². The van der Waals surface area contributed by atoms with Crippen molar-refractivity contribution in [3.63, 3.8) is 0 Å². The third-order valence-corrected chi connectivity index (χ3v) is 3.14. The summed E-state index contributed by atoms with van der Waals surface area (Å²) in [6.45, 7) is 0.860. The van der Waals surface area contributed by atoms with Crippen LogP contribution in [0.5, 0.6) is 11.5 Å². The van der Waals surface area contributed by atoms with E-state index in [1.54, 1.807) is 12.1 Å². The smallest absolute Gasteiger partial charge is 0.231 e. The normalized spacial score (nSPS) is 11.9. The average molecular weight is 316 g/mol. The lowest BCUT2D eigenvalue weighted by Crippen LogP contribution is -1.99. The van der Waals surface area contributed by atoms with Gasteiger partial charge in [0.05, 0.1) is 5.02 Å². The molecular formula is C14H12Cl2FNO2. The minimum absolute atomic E-state index is 0. The fraction of sp³-hybridized carbons (Fsp3) is 0.143. The number of halogens is 3. The molecule has 1 aliphatic rings. The van der Waals surface area contributed by atoms with Gasteiger partial charge < -0.3 is 14.8 Å². The molecule has 3 nitrogen and oxygen atoms in total. The van der Waals surface area contributed by atoms with Crippen LogP contribution in [-0.4, -0.2) is 6.79 Å². The van der Waals surface area contributed by atoms with Gasteiger partial charge in [0.1, 0.15) is 5.82 Å². The van der Waals surface area contributed by atoms with E-state index in [0.717, 1.165) is 22.7 Å². The standard InChI is InChI=1S/C14H11ClFNO2.ClH/c15-11-6-10(2-3-12(11)16)17-7-9-1-4-13-14(5-9)19-8-18-13;/h1-6,17H,7-8H2;1H. The van der Waals surface area contributed by atoms with E-state index in [0.29, 0.717) is 6.54 Å². The predicted molar refractivity (Wildman–Crippen MR) is 78.5 cm³/mol. The molecule has 3 rings (SSSR count). The summed E-state index contributed by atoms with van der Waals surface area (Å²) in [5.41, 5.74) is 1.81. The molecule has 0 atom stereocenters. The van der Waals surface area contributed by atoms with E-state index in [9.17, 15) is 4.39 Å². The van der Waals surface area contributed by atoms with Crippen LogP contribution in [0.1, 0.15) is 5.56 Å². The molecule has 0 saturated heterocycles. The Bertz CT molecular complexity index is 622. The van der Waals surface area contributed by atoms with Gasteiger partial charge in [0, 0.05) is 12.2 Å². The highest BCUT2D eigenvalue weighted by molar-refractivity contribution is 6.31. The van der Waals surface area contributed by atoms with Crippen LogP contribution in [0.4, 0.5) is 10.1 Å². The molecule has 2 aromatic carbocycles. The number of nitrogens with one attached hydrogen (secondary N) is 1. The summed E-state index contributed by atoms with van der Waals surface area (Å²) < 4.78 is 23.6. The van der Waals surface area contributed by atoms with Gasteiger partial charge in [-0.05, 0) is 35.9 Å². The molecule has 0 aliphatic carbocycles. The van der Waals surface area contributed by atoms with E-state index in [1.165, 1.54) is 6.07 Å². The first kappa shape index (κ1) is 14.8. The molecule has 0 spiro atoms. The van der Waals surface area contributed by atoms with Gasteiger partial charge in [-0.2, -0.15) is 0 Å². The van der Waals surface area contributed by atoms with Gasteiger partial charge in [-0.1, -0.05) is 17.7 Å². The highest BCUT2D eigenvalue weighted by Gasteiger charge is 2.12. The van der Waals surface area contributed by atoms with Crippen molar-refractivity contribution >= 4 is 29.7 Å². The number of hydrogen-bond acceptors (Lipinski definition) is 3. The number of benzene rings is 2. The molecule has 1 aliphatic heterocycles. The molecule has 0 unspecified atom stereocenters. The minimum atomic E-state index is -0.421. The predicted octanol–water partition coefficient (Wildman–Crippen LogP) is 4.24. The molecule has 0 fully saturated rings. The van der Waals surface area contributed by atoms with Crippen molar-refractivity contribution in [2.24, 2.45) is 0 Å². The second-order valence-electron chi connectivity index (χ2n) is 4.17. The van der Waals surface area contributed by atoms with Gasteiger partial charge in [0.25, 0.3) is 0 Å².